The minimum absolute atomic E-state index is 0.0291. The van der Waals surface area contributed by atoms with Crippen LogP contribution in [0, 0.1) is 0 Å². The summed E-state index contributed by atoms with van der Waals surface area (Å²) in [6.07, 6.45) is 4.60. The van der Waals surface area contributed by atoms with E-state index in [-0.39, 0.29) is 18.2 Å². The molecule has 3 nitrogen and oxygen atoms in total. The van der Waals surface area contributed by atoms with E-state index in [1.165, 1.54) is 12.8 Å². The van der Waals surface area contributed by atoms with E-state index in [2.05, 4.69) is 0 Å². The summed E-state index contributed by atoms with van der Waals surface area (Å²) in [4.78, 5) is 11.5. The van der Waals surface area contributed by atoms with E-state index in [0.29, 0.717) is 0 Å². The predicted molar refractivity (Wildman–Crippen MR) is 47.3 cm³/mol. The van der Waals surface area contributed by atoms with Gasteiger partial charge in [0.15, 0.2) is 5.60 Å². The van der Waals surface area contributed by atoms with E-state index in [0.717, 1.165) is 12.8 Å². The Hall–Kier alpha value is -0.570. The molecule has 2 fully saturated rings. The monoisotopic (exact) mass is 184 g/mol. The summed E-state index contributed by atoms with van der Waals surface area (Å²) < 4.78 is 10.5. The van der Waals surface area contributed by atoms with Crippen LogP contribution in [-0.2, 0) is 14.3 Å². The summed E-state index contributed by atoms with van der Waals surface area (Å²) in [5, 5.41) is 0. The Labute approximate surface area is 78.4 Å². The van der Waals surface area contributed by atoms with E-state index >= 15 is 0 Å². The quantitative estimate of drug-likeness (QED) is 0.484. The molecular formula is C10H16O3. The molecule has 0 amide bonds. The lowest BCUT2D eigenvalue weighted by Gasteiger charge is -2.13. The molecule has 0 aromatic heterocycles. The maximum Gasteiger partial charge on any atom is 0.341 e. The number of carbonyl (C=O) groups is 1. The summed E-state index contributed by atoms with van der Waals surface area (Å²) in [5.41, 5.74) is -0.636. The smallest absolute Gasteiger partial charge is 0.341 e. The molecule has 1 aliphatic heterocycles. The fourth-order valence-corrected chi connectivity index (χ4v) is 1.82. The summed E-state index contributed by atoms with van der Waals surface area (Å²) in [6, 6.07) is 0. The number of ether oxygens (including phenoxy) is 2. The highest BCUT2D eigenvalue weighted by Gasteiger charge is 2.57. The van der Waals surface area contributed by atoms with Crippen LogP contribution in [0.15, 0.2) is 0 Å². The number of epoxide rings is 1. The van der Waals surface area contributed by atoms with Gasteiger partial charge in [-0.05, 0) is 39.5 Å². The van der Waals surface area contributed by atoms with Gasteiger partial charge in [0.05, 0.1) is 6.10 Å². The van der Waals surface area contributed by atoms with Gasteiger partial charge in [-0.15, -0.1) is 0 Å². The summed E-state index contributed by atoms with van der Waals surface area (Å²) in [5.74, 6) is -0.174. The van der Waals surface area contributed by atoms with Gasteiger partial charge in [0.25, 0.3) is 0 Å². The number of hydrogen-bond acceptors (Lipinski definition) is 3. The maximum absolute atomic E-state index is 11.5. The van der Waals surface area contributed by atoms with Gasteiger partial charge < -0.3 is 9.47 Å². The molecule has 2 rings (SSSR count). The zero-order chi connectivity index (χ0) is 9.47. The molecule has 0 spiro atoms. The Balaban J connectivity index is 1.85. The van der Waals surface area contributed by atoms with Gasteiger partial charge >= 0.3 is 5.97 Å². The lowest BCUT2D eigenvalue weighted by Crippen LogP contribution is -2.28. The van der Waals surface area contributed by atoms with Crippen LogP contribution in [0.5, 0.6) is 0 Å². The Kier molecular flexibility index (Phi) is 2.06. The molecular weight excluding hydrogens is 168 g/mol. The first-order valence-electron chi connectivity index (χ1n) is 5.02. The van der Waals surface area contributed by atoms with E-state index in [4.69, 9.17) is 9.47 Å². The van der Waals surface area contributed by atoms with Crippen molar-refractivity contribution in [3.8, 4) is 0 Å². The molecule has 74 valence electrons. The van der Waals surface area contributed by atoms with Crippen molar-refractivity contribution < 1.29 is 14.3 Å². The first-order valence-corrected chi connectivity index (χ1v) is 5.02. The average molecular weight is 184 g/mol. The molecule has 3 heteroatoms. The zero-order valence-corrected chi connectivity index (χ0v) is 8.21. The standard InChI is InChI=1S/C10H16O3/c1-7-10(2,13-7)9(11)12-8-5-3-4-6-8/h7-8H,3-6H2,1-2H3. The minimum Gasteiger partial charge on any atom is -0.460 e. The van der Waals surface area contributed by atoms with Gasteiger partial charge in [-0.3, -0.25) is 0 Å². The Morgan fingerprint density at radius 1 is 1.46 bits per heavy atom. The largest absolute Gasteiger partial charge is 0.460 e. The van der Waals surface area contributed by atoms with Crippen molar-refractivity contribution in [1.82, 2.24) is 0 Å². The molecule has 0 aromatic rings. The van der Waals surface area contributed by atoms with Gasteiger partial charge in [-0.2, -0.15) is 0 Å². The highest BCUT2D eigenvalue weighted by Crippen LogP contribution is 2.37. The molecule has 2 aliphatic rings. The molecule has 0 bridgehead atoms. The van der Waals surface area contributed by atoms with Crippen molar-refractivity contribution in [3.63, 3.8) is 0 Å². The lowest BCUT2D eigenvalue weighted by molar-refractivity contribution is -0.154. The Morgan fingerprint density at radius 3 is 2.46 bits per heavy atom. The minimum atomic E-state index is -0.636. The van der Waals surface area contributed by atoms with Crippen LogP contribution in [0.4, 0.5) is 0 Å². The topological polar surface area (TPSA) is 38.8 Å². The molecule has 2 unspecified atom stereocenters. The van der Waals surface area contributed by atoms with Gasteiger partial charge in [0.1, 0.15) is 6.10 Å². The lowest BCUT2D eigenvalue weighted by atomic mass is 10.1. The third kappa shape index (κ3) is 1.57. The SMILES string of the molecule is CC1OC1(C)C(=O)OC1CCCC1. The number of rotatable bonds is 2. The van der Waals surface area contributed by atoms with Crippen LogP contribution < -0.4 is 0 Å². The van der Waals surface area contributed by atoms with Crippen LogP contribution >= 0.6 is 0 Å². The Morgan fingerprint density at radius 2 is 2.00 bits per heavy atom. The molecule has 1 saturated heterocycles. The highest BCUT2D eigenvalue weighted by atomic mass is 16.7. The normalized spacial score (nSPS) is 39.1. The van der Waals surface area contributed by atoms with Crippen LogP contribution in [0.1, 0.15) is 39.5 Å². The van der Waals surface area contributed by atoms with Gasteiger partial charge in [-0.1, -0.05) is 0 Å². The molecule has 2 atom stereocenters. The van der Waals surface area contributed by atoms with Crippen LogP contribution in [0.2, 0.25) is 0 Å². The van der Waals surface area contributed by atoms with Crippen LogP contribution in [-0.4, -0.2) is 23.8 Å². The van der Waals surface area contributed by atoms with Crippen LogP contribution in [0.3, 0.4) is 0 Å². The second-order valence-electron chi connectivity index (χ2n) is 4.18. The zero-order valence-electron chi connectivity index (χ0n) is 8.21. The number of esters is 1. The summed E-state index contributed by atoms with van der Waals surface area (Å²) in [7, 11) is 0. The van der Waals surface area contributed by atoms with E-state index in [1.54, 1.807) is 6.92 Å². The second-order valence-corrected chi connectivity index (χ2v) is 4.18. The van der Waals surface area contributed by atoms with E-state index in [9.17, 15) is 4.79 Å². The molecule has 0 N–H and O–H groups in total. The highest BCUT2D eigenvalue weighted by molar-refractivity contribution is 5.82. The maximum atomic E-state index is 11.5. The molecule has 13 heavy (non-hydrogen) atoms. The van der Waals surface area contributed by atoms with E-state index < -0.39 is 5.60 Å². The van der Waals surface area contributed by atoms with Crippen molar-refractivity contribution >= 4 is 5.97 Å². The van der Waals surface area contributed by atoms with Crippen molar-refractivity contribution in [2.45, 2.75) is 57.3 Å². The van der Waals surface area contributed by atoms with Crippen LogP contribution in [0.25, 0.3) is 0 Å². The van der Waals surface area contributed by atoms with Gasteiger partial charge in [0, 0.05) is 0 Å². The third-order valence-corrected chi connectivity index (χ3v) is 3.12. The van der Waals surface area contributed by atoms with E-state index in [1.807, 2.05) is 6.92 Å². The first-order chi connectivity index (χ1) is 6.13. The first kappa shape index (κ1) is 9.00. The molecule has 0 radical (unpaired) electrons. The predicted octanol–water partition coefficient (Wildman–Crippen LogP) is 1.65. The number of carbonyl (C=O) groups excluding carboxylic acids is 1. The fourth-order valence-electron chi connectivity index (χ4n) is 1.82. The van der Waals surface area contributed by atoms with Gasteiger partial charge in [0.2, 0.25) is 0 Å². The summed E-state index contributed by atoms with van der Waals surface area (Å²) >= 11 is 0. The van der Waals surface area contributed by atoms with Crippen molar-refractivity contribution in [2.24, 2.45) is 0 Å². The molecule has 1 aliphatic carbocycles. The Bertz CT molecular complexity index is 220. The van der Waals surface area contributed by atoms with Crippen molar-refractivity contribution in [3.05, 3.63) is 0 Å². The molecule has 0 aromatic carbocycles. The molecule has 1 heterocycles. The molecule has 1 saturated carbocycles. The van der Waals surface area contributed by atoms with Crippen molar-refractivity contribution in [1.29, 1.82) is 0 Å². The second kappa shape index (κ2) is 2.98. The third-order valence-electron chi connectivity index (χ3n) is 3.12. The fraction of sp³-hybridized carbons (Fsp3) is 0.900. The van der Waals surface area contributed by atoms with Crippen molar-refractivity contribution in [2.75, 3.05) is 0 Å². The summed E-state index contributed by atoms with van der Waals surface area (Å²) in [6.45, 7) is 3.70. The average Bonchev–Trinajstić information content (AvgIpc) is 2.53. The number of hydrogen-bond donors (Lipinski definition) is 0. The van der Waals surface area contributed by atoms with Gasteiger partial charge in [-0.25, -0.2) is 4.79 Å².